The number of benzene rings is 1. The highest BCUT2D eigenvalue weighted by Gasteiger charge is 2.24. The zero-order valence-corrected chi connectivity index (χ0v) is 19.7. The van der Waals surface area contributed by atoms with E-state index in [0.29, 0.717) is 11.9 Å². The van der Waals surface area contributed by atoms with Gasteiger partial charge in [-0.05, 0) is 43.9 Å². The van der Waals surface area contributed by atoms with E-state index in [1.54, 1.807) is 19.0 Å². The second-order valence-electron chi connectivity index (χ2n) is 6.90. The number of guanidine groups is 1. The summed E-state index contributed by atoms with van der Waals surface area (Å²) in [5, 5.41) is 7.34. The van der Waals surface area contributed by atoms with Crippen LogP contribution in [-0.4, -0.2) is 63.6 Å². The van der Waals surface area contributed by atoms with Gasteiger partial charge >= 0.3 is 0 Å². The van der Waals surface area contributed by atoms with Crippen molar-refractivity contribution in [2.45, 2.75) is 20.3 Å². The van der Waals surface area contributed by atoms with Gasteiger partial charge in [0.05, 0.1) is 0 Å². The second-order valence-corrected chi connectivity index (χ2v) is 7.33. The molecule has 8 heteroatoms. The lowest BCUT2D eigenvalue weighted by atomic mass is 10.1. The van der Waals surface area contributed by atoms with Crippen LogP contribution in [0.4, 0.5) is 5.69 Å². The largest absolute Gasteiger partial charge is 0.371 e. The number of halogens is 2. The number of amides is 1. The highest BCUT2D eigenvalue weighted by molar-refractivity contribution is 14.0. The third-order valence-corrected chi connectivity index (χ3v) is 4.81. The molecule has 27 heavy (non-hydrogen) atoms. The van der Waals surface area contributed by atoms with Crippen molar-refractivity contribution < 1.29 is 4.79 Å². The van der Waals surface area contributed by atoms with E-state index in [-0.39, 0.29) is 36.4 Å². The smallest absolute Gasteiger partial charge is 0.243 e. The van der Waals surface area contributed by atoms with Gasteiger partial charge in [-0.1, -0.05) is 17.7 Å². The number of rotatable bonds is 6. The van der Waals surface area contributed by atoms with Crippen molar-refractivity contribution in [3.05, 3.63) is 28.8 Å². The summed E-state index contributed by atoms with van der Waals surface area (Å²) in [7, 11) is 3.48. The van der Waals surface area contributed by atoms with Crippen LogP contribution in [-0.2, 0) is 4.79 Å². The highest BCUT2D eigenvalue weighted by atomic mass is 127. The summed E-state index contributed by atoms with van der Waals surface area (Å²) >= 11 is 6.16. The van der Waals surface area contributed by atoms with Crippen LogP contribution in [0, 0.1) is 12.8 Å². The number of aryl methyl sites for hydroxylation is 1. The number of hydrogen-bond acceptors (Lipinski definition) is 3. The van der Waals surface area contributed by atoms with Crippen LogP contribution in [0.15, 0.2) is 23.2 Å². The van der Waals surface area contributed by atoms with Gasteiger partial charge in [0.15, 0.2) is 5.96 Å². The maximum Gasteiger partial charge on any atom is 0.243 e. The van der Waals surface area contributed by atoms with Gasteiger partial charge in [0.25, 0.3) is 0 Å². The Kier molecular flexibility index (Phi) is 10.2. The lowest BCUT2D eigenvalue weighted by molar-refractivity contribution is -0.127. The SMILES string of the molecule is CCNC(=NCC(=O)N(C)C)NCC1CCN(c2cc(Cl)ccc2C)C1.I. The normalized spacial score (nSPS) is 16.7. The Morgan fingerprint density at radius 3 is 2.78 bits per heavy atom. The number of anilines is 1. The Hall–Kier alpha value is -1.22. The third kappa shape index (κ3) is 7.37. The van der Waals surface area contributed by atoms with E-state index in [9.17, 15) is 4.79 Å². The van der Waals surface area contributed by atoms with Gasteiger partial charge < -0.3 is 20.4 Å². The Morgan fingerprint density at radius 1 is 1.37 bits per heavy atom. The van der Waals surface area contributed by atoms with E-state index in [1.165, 1.54) is 11.3 Å². The fourth-order valence-electron chi connectivity index (χ4n) is 3.01. The summed E-state index contributed by atoms with van der Waals surface area (Å²) in [5.41, 5.74) is 2.47. The monoisotopic (exact) mass is 507 g/mol. The van der Waals surface area contributed by atoms with Gasteiger partial charge in [0.2, 0.25) is 5.91 Å². The van der Waals surface area contributed by atoms with Gasteiger partial charge in [-0.15, -0.1) is 24.0 Å². The number of carbonyl (C=O) groups is 1. The molecule has 1 heterocycles. The molecule has 2 N–H and O–H groups in total. The average Bonchev–Trinajstić information content (AvgIpc) is 3.07. The lowest BCUT2D eigenvalue weighted by Gasteiger charge is -2.21. The summed E-state index contributed by atoms with van der Waals surface area (Å²) in [5.74, 6) is 1.22. The van der Waals surface area contributed by atoms with Crippen LogP contribution in [0.3, 0.4) is 0 Å². The van der Waals surface area contributed by atoms with Crippen molar-refractivity contribution in [1.82, 2.24) is 15.5 Å². The Balaban J connectivity index is 0.00000364. The van der Waals surface area contributed by atoms with Crippen molar-refractivity contribution in [2.75, 3.05) is 51.7 Å². The maximum atomic E-state index is 11.7. The molecule has 1 saturated heterocycles. The third-order valence-electron chi connectivity index (χ3n) is 4.57. The number of carbonyl (C=O) groups excluding carboxylic acids is 1. The molecule has 0 saturated carbocycles. The molecular weight excluding hydrogens is 477 g/mol. The molecule has 1 atom stereocenters. The number of hydrogen-bond donors (Lipinski definition) is 2. The molecule has 0 aromatic heterocycles. The van der Waals surface area contributed by atoms with E-state index in [2.05, 4.69) is 33.5 Å². The Labute approximate surface area is 184 Å². The molecule has 152 valence electrons. The molecule has 1 aromatic rings. The molecule has 2 rings (SSSR count). The van der Waals surface area contributed by atoms with E-state index in [0.717, 1.165) is 37.6 Å². The molecule has 1 aromatic carbocycles. The molecule has 0 spiro atoms. The first-order chi connectivity index (χ1) is 12.4. The molecule has 1 aliphatic heterocycles. The molecule has 1 aliphatic rings. The molecule has 1 amide bonds. The van der Waals surface area contributed by atoms with E-state index < -0.39 is 0 Å². The first-order valence-corrected chi connectivity index (χ1v) is 9.52. The lowest BCUT2D eigenvalue weighted by Crippen LogP contribution is -2.41. The fourth-order valence-corrected chi connectivity index (χ4v) is 3.18. The van der Waals surface area contributed by atoms with E-state index in [1.807, 2.05) is 19.1 Å². The van der Waals surface area contributed by atoms with Gasteiger partial charge in [-0.3, -0.25) is 4.79 Å². The van der Waals surface area contributed by atoms with Crippen LogP contribution < -0.4 is 15.5 Å². The van der Waals surface area contributed by atoms with Crippen molar-refractivity contribution in [3.63, 3.8) is 0 Å². The summed E-state index contributed by atoms with van der Waals surface area (Å²) in [6, 6.07) is 6.05. The maximum absolute atomic E-state index is 11.7. The topological polar surface area (TPSA) is 60.0 Å². The number of nitrogens with one attached hydrogen (secondary N) is 2. The first-order valence-electron chi connectivity index (χ1n) is 9.14. The molecule has 6 nitrogen and oxygen atoms in total. The second kappa shape index (κ2) is 11.6. The van der Waals surface area contributed by atoms with Gasteiger partial charge in [0, 0.05) is 51.0 Å². The van der Waals surface area contributed by atoms with Crippen LogP contribution >= 0.6 is 35.6 Å². The summed E-state index contributed by atoms with van der Waals surface area (Å²) in [4.78, 5) is 20.0. The fraction of sp³-hybridized carbons (Fsp3) is 0.579. The molecule has 1 unspecified atom stereocenters. The predicted octanol–water partition coefficient (Wildman–Crippen LogP) is 2.74. The molecular formula is C19H31ClIN5O. The van der Waals surface area contributed by atoms with Crippen molar-refractivity contribution >= 4 is 53.1 Å². The molecule has 0 aliphatic carbocycles. The summed E-state index contributed by atoms with van der Waals surface area (Å²) in [6.45, 7) is 7.91. The predicted molar refractivity (Wildman–Crippen MR) is 125 cm³/mol. The quantitative estimate of drug-likeness (QED) is 0.353. The van der Waals surface area contributed by atoms with Crippen LogP contribution in [0.25, 0.3) is 0 Å². The summed E-state index contributed by atoms with van der Waals surface area (Å²) in [6.07, 6.45) is 1.12. The van der Waals surface area contributed by atoms with Crippen LogP contribution in [0.2, 0.25) is 5.02 Å². The van der Waals surface area contributed by atoms with Crippen LogP contribution in [0.1, 0.15) is 18.9 Å². The molecule has 1 fully saturated rings. The van der Waals surface area contributed by atoms with Gasteiger partial charge in [-0.25, -0.2) is 4.99 Å². The number of nitrogens with zero attached hydrogens (tertiary/aromatic N) is 3. The van der Waals surface area contributed by atoms with Crippen LogP contribution in [0.5, 0.6) is 0 Å². The average molecular weight is 508 g/mol. The van der Waals surface area contributed by atoms with E-state index >= 15 is 0 Å². The van der Waals surface area contributed by atoms with Crippen molar-refractivity contribution in [2.24, 2.45) is 10.9 Å². The van der Waals surface area contributed by atoms with Crippen molar-refractivity contribution in [3.8, 4) is 0 Å². The van der Waals surface area contributed by atoms with E-state index in [4.69, 9.17) is 11.6 Å². The molecule has 0 bridgehead atoms. The summed E-state index contributed by atoms with van der Waals surface area (Å²) < 4.78 is 0. The minimum atomic E-state index is -0.00863. The Morgan fingerprint density at radius 2 is 2.11 bits per heavy atom. The number of aliphatic imine (C=N–C) groups is 1. The highest BCUT2D eigenvalue weighted by Crippen LogP contribution is 2.29. The Bertz CT molecular complexity index is 653. The standard InChI is InChI=1S/C19H30ClN5O.HI/c1-5-21-19(23-12-18(26)24(3)4)22-11-15-8-9-25(13-15)17-10-16(20)7-6-14(17)2;/h6-7,10,15H,5,8-9,11-13H2,1-4H3,(H2,21,22,23);1H. The number of likely N-dealkylation sites (N-methyl/N-ethyl adjacent to an activating group) is 1. The molecule has 0 radical (unpaired) electrons. The van der Waals surface area contributed by atoms with Gasteiger partial charge in [0.1, 0.15) is 6.54 Å². The van der Waals surface area contributed by atoms with Crippen molar-refractivity contribution in [1.29, 1.82) is 0 Å². The first kappa shape index (κ1) is 23.8. The minimum Gasteiger partial charge on any atom is -0.371 e. The zero-order chi connectivity index (χ0) is 19.1. The minimum absolute atomic E-state index is 0. The zero-order valence-electron chi connectivity index (χ0n) is 16.6. The van der Waals surface area contributed by atoms with Gasteiger partial charge in [-0.2, -0.15) is 0 Å².